The van der Waals surface area contributed by atoms with E-state index in [1.165, 1.54) is 0 Å². The van der Waals surface area contributed by atoms with Crippen molar-refractivity contribution in [1.29, 1.82) is 0 Å². The van der Waals surface area contributed by atoms with Gasteiger partial charge in [-0.05, 0) is 37.6 Å². The van der Waals surface area contributed by atoms with Gasteiger partial charge in [0.1, 0.15) is 5.41 Å². The Kier molecular flexibility index (Phi) is 5.78. The molecule has 0 radical (unpaired) electrons. The Labute approximate surface area is 151 Å². The number of carbonyl (C=O) groups excluding carboxylic acids is 2. The van der Waals surface area contributed by atoms with E-state index >= 15 is 0 Å². The van der Waals surface area contributed by atoms with Gasteiger partial charge in [0.15, 0.2) is 0 Å². The Morgan fingerprint density at radius 3 is 2.38 bits per heavy atom. The van der Waals surface area contributed by atoms with Crippen molar-refractivity contribution in [3.05, 3.63) is 64.6 Å². The van der Waals surface area contributed by atoms with Crippen LogP contribution in [0.4, 0.5) is 5.69 Å². The normalized spacial score (nSPS) is 11.0. The van der Waals surface area contributed by atoms with Crippen molar-refractivity contribution in [2.45, 2.75) is 20.4 Å². The number of rotatable bonds is 5. The summed E-state index contributed by atoms with van der Waals surface area (Å²) in [6.45, 7) is 3.75. The molecule has 2 amide bonds. The van der Waals surface area contributed by atoms with Crippen molar-refractivity contribution in [3.63, 3.8) is 0 Å². The van der Waals surface area contributed by atoms with Crippen LogP contribution in [0.2, 0.25) is 0 Å². The van der Waals surface area contributed by atoms with Gasteiger partial charge >= 0.3 is 0 Å². The van der Waals surface area contributed by atoms with Gasteiger partial charge in [0, 0.05) is 23.8 Å². The van der Waals surface area contributed by atoms with Crippen LogP contribution < -0.4 is 5.32 Å². The minimum atomic E-state index is -1.16. The molecule has 126 valence electrons. The number of amides is 2. The highest BCUT2D eigenvalue weighted by Gasteiger charge is 2.38. The van der Waals surface area contributed by atoms with E-state index in [0.717, 1.165) is 10.0 Å². The predicted octanol–water partition coefficient (Wildman–Crippen LogP) is 4.07. The molecule has 0 saturated heterocycles. The molecule has 0 saturated carbocycles. The highest BCUT2D eigenvalue weighted by atomic mass is 79.9. The first kappa shape index (κ1) is 18.2. The van der Waals surface area contributed by atoms with Crippen LogP contribution >= 0.6 is 15.9 Å². The second kappa shape index (κ2) is 7.62. The monoisotopic (exact) mass is 388 g/mol. The predicted molar refractivity (Wildman–Crippen MR) is 99.5 cm³/mol. The van der Waals surface area contributed by atoms with Gasteiger partial charge in [0.05, 0.1) is 0 Å². The Bertz CT molecular complexity index is 729. The molecule has 2 rings (SSSR count). The summed E-state index contributed by atoms with van der Waals surface area (Å²) in [4.78, 5) is 26.9. The highest BCUT2D eigenvalue weighted by molar-refractivity contribution is 9.10. The largest absolute Gasteiger partial charge is 0.341 e. The third-order valence-electron chi connectivity index (χ3n) is 3.79. The average molecular weight is 389 g/mol. The smallest absolute Gasteiger partial charge is 0.239 e. The number of halogens is 1. The van der Waals surface area contributed by atoms with Crippen molar-refractivity contribution >= 4 is 33.4 Å². The fourth-order valence-corrected chi connectivity index (χ4v) is 2.76. The SMILES string of the molecule is CN(Cc1ccccc1)C(=O)C(C)(C)C(=O)Nc1cccc(Br)c1. The van der Waals surface area contributed by atoms with Crippen LogP contribution in [-0.2, 0) is 16.1 Å². The fraction of sp³-hybridized carbons (Fsp3) is 0.263. The van der Waals surface area contributed by atoms with Gasteiger partial charge in [-0.25, -0.2) is 0 Å². The number of hydrogen-bond acceptors (Lipinski definition) is 2. The molecule has 1 N–H and O–H groups in total. The molecule has 0 aliphatic carbocycles. The molecule has 0 spiro atoms. The molecule has 24 heavy (non-hydrogen) atoms. The molecule has 0 fully saturated rings. The van der Waals surface area contributed by atoms with Crippen LogP contribution in [0.3, 0.4) is 0 Å². The minimum Gasteiger partial charge on any atom is -0.341 e. The highest BCUT2D eigenvalue weighted by Crippen LogP contribution is 2.23. The van der Waals surface area contributed by atoms with Crippen LogP contribution in [0.15, 0.2) is 59.1 Å². The molecule has 0 aromatic heterocycles. The van der Waals surface area contributed by atoms with Crippen LogP contribution in [0, 0.1) is 5.41 Å². The van der Waals surface area contributed by atoms with E-state index in [-0.39, 0.29) is 11.8 Å². The average Bonchev–Trinajstić information content (AvgIpc) is 2.55. The summed E-state index contributed by atoms with van der Waals surface area (Å²) in [5, 5.41) is 2.81. The van der Waals surface area contributed by atoms with Gasteiger partial charge in [-0.15, -0.1) is 0 Å². The van der Waals surface area contributed by atoms with Gasteiger partial charge < -0.3 is 10.2 Å². The second-order valence-electron chi connectivity index (χ2n) is 6.24. The molecule has 0 bridgehead atoms. The van der Waals surface area contributed by atoms with Crippen LogP contribution in [0.1, 0.15) is 19.4 Å². The zero-order chi connectivity index (χ0) is 17.7. The number of carbonyl (C=O) groups is 2. The van der Waals surface area contributed by atoms with E-state index in [1.807, 2.05) is 42.5 Å². The fourth-order valence-electron chi connectivity index (χ4n) is 2.36. The van der Waals surface area contributed by atoms with Gasteiger partial charge in [0.2, 0.25) is 11.8 Å². The zero-order valence-electron chi connectivity index (χ0n) is 14.0. The molecular weight excluding hydrogens is 368 g/mol. The third-order valence-corrected chi connectivity index (χ3v) is 4.29. The first-order valence-electron chi connectivity index (χ1n) is 7.67. The molecule has 2 aromatic rings. The summed E-state index contributed by atoms with van der Waals surface area (Å²) in [6, 6.07) is 17.0. The van der Waals surface area contributed by atoms with Crippen molar-refractivity contribution < 1.29 is 9.59 Å². The maximum Gasteiger partial charge on any atom is 0.239 e. The second-order valence-corrected chi connectivity index (χ2v) is 7.15. The number of nitrogens with zero attached hydrogens (tertiary/aromatic N) is 1. The summed E-state index contributed by atoms with van der Waals surface area (Å²) in [6.07, 6.45) is 0. The van der Waals surface area contributed by atoms with Gasteiger partial charge in [-0.2, -0.15) is 0 Å². The molecule has 4 nitrogen and oxygen atoms in total. The van der Waals surface area contributed by atoms with Crippen molar-refractivity contribution in [2.75, 3.05) is 12.4 Å². The van der Waals surface area contributed by atoms with E-state index in [1.54, 1.807) is 37.9 Å². The van der Waals surface area contributed by atoms with E-state index in [0.29, 0.717) is 12.2 Å². The van der Waals surface area contributed by atoms with Crippen LogP contribution in [0.25, 0.3) is 0 Å². The maximum atomic E-state index is 12.7. The topological polar surface area (TPSA) is 49.4 Å². The lowest BCUT2D eigenvalue weighted by Crippen LogP contribution is -2.45. The van der Waals surface area contributed by atoms with Crippen LogP contribution in [0.5, 0.6) is 0 Å². The van der Waals surface area contributed by atoms with E-state index in [2.05, 4.69) is 21.2 Å². The molecule has 5 heteroatoms. The van der Waals surface area contributed by atoms with Crippen molar-refractivity contribution in [2.24, 2.45) is 5.41 Å². The van der Waals surface area contributed by atoms with E-state index in [9.17, 15) is 9.59 Å². The molecule has 0 heterocycles. The summed E-state index contributed by atoms with van der Waals surface area (Å²) in [5.41, 5.74) is 0.517. The number of anilines is 1. The summed E-state index contributed by atoms with van der Waals surface area (Å²) >= 11 is 3.37. The Hall–Kier alpha value is -2.14. The summed E-state index contributed by atoms with van der Waals surface area (Å²) < 4.78 is 0.866. The molecule has 0 unspecified atom stereocenters. The van der Waals surface area contributed by atoms with Crippen LogP contribution in [-0.4, -0.2) is 23.8 Å². The molecule has 2 aromatic carbocycles. The lowest BCUT2D eigenvalue weighted by molar-refractivity contribution is -0.145. The van der Waals surface area contributed by atoms with E-state index < -0.39 is 5.41 Å². The molecule has 0 aliphatic rings. The Balaban J connectivity index is 2.07. The standard InChI is InChI=1S/C19H21BrN2O2/c1-19(2,17(23)21-16-11-7-10-15(20)12-16)18(24)22(3)13-14-8-5-4-6-9-14/h4-12H,13H2,1-3H3,(H,21,23). The maximum absolute atomic E-state index is 12.7. The zero-order valence-corrected chi connectivity index (χ0v) is 15.6. The first-order chi connectivity index (χ1) is 11.3. The first-order valence-corrected chi connectivity index (χ1v) is 8.46. The van der Waals surface area contributed by atoms with Gasteiger partial charge in [-0.3, -0.25) is 9.59 Å². The minimum absolute atomic E-state index is 0.223. The quantitative estimate of drug-likeness (QED) is 0.784. The number of nitrogens with one attached hydrogen (secondary N) is 1. The van der Waals surface area contributed by atoms with Crippen molar-refractivity contribution in [3.8, 4) is 0 Å². The Morgan fingerprint density at radius 1 is 1.08 bits per heavy atom. The lowest BCUT2D eigenvalue weighted by Gasteiger charge is -2.28. The van der Waals surface area contributed by atoms with E-state index in [4.69, 9.17) is 0 Å². The summed E-state index contributed by atoms with van der Waals surface area (Å²) in [5.74, 6) is -0.552. The summed E-state index contributed by atoms with van der Waals surface area (Å²) in [7, 11) is 1.71. The third kappa shape index (κ3) is 4.45. The lowest BCUT2D eigenvalue weighted by atomic mass is 9.90. The molecule has 0 atom stereocenters. The number of hydrogen-bond donors (Lipinski definition) is 1. The van der Waals surface area contributed by atoms with Gasteiger partial charge in [0.25, 0.3) is 0 Å². The van der Waals surface area contributed by atoms with Crippen molar-refractivity contribution in [1.82, 2.24) is 4.90 Å². The number of benzene rings is 2. The Morgan fingerprint density at radius 2 is 1.75 bits per heavy atom. The molecular formula is C19H21BrN2O2. The van der Waals surface area contributed by atoms with Gasteiger partial charge in [-0.1, -0.05) is 52.3 Å². The molecule has 0 aliphatic heterocycles.